The van der Waals surface area contributed by atoms with Gasteiger partial charge in [0.05, 0.1) is 11.4 Å². The highest BCUT2D eigenvalue weighted by molar-refractivity contribution is 6.07. The number of rotatable bonds is 5. The van der Waals surface area contributed by atoms with Crippen LogP contribution in [0.4, 0.5) is 38.0 Å². The highest BCUT2D eigenvalue weighted by atomic mass is 16.2. The van der Waals surface area contributed by atoms with Crippen LogP contribution in [0.1, 0.15) is 0 Å². The van der Waals surface area contributed by atoms with E-state index < -0.39 is 0 Å². The molecule has 0 saturated heterocycles. The van der Waals surface area contributed by atoms with Crippen LogP contribution in [0.5, 0.6) is 0 Å². The van der Waals surface area contributed by atoms with Crippen molar-refractivity contribution in [1.29, 1.82) is 0 Å². The van der Waals surface area contributed by atoms with Crippen LogP contribution in [0.25, 0.3) is 0 Å². The maximum Gasteiger partial charge on any atom is 0.330 e. The number of carbonyl (C=O) groups is 2. The van der Waals surface area contributed by atoms with Crippen molar-refractivity contribution in [3.05, 3.63) is 115 Å². The maximum absolute atomic E-state index is 13.1. The van der Waals surface area contributed by atoms with Crippen LogP contribution in [-0.2, 0) is 0 Å². The summed E-state index contributed by atoms with van der Waals surface area (Å²) in [5, 5.41) is 8.49. The Bertz CT molecular complexity index is 1160. The van der Waals surface area contributed by atoms with Gasteiger partial charge in [-0.15, -0.1) is 0 Å². The van der Waals surface area contributed by atoms with Crippen molar-refractivity contribution in [2.75, 3.05) is 20.9 Å². The molecule has 6 nitrogen and oxygen atoms in total. The topological polar surface area (TPSA) is 73.5 Å². The monoisotopic (exact) mass is 422 g/mol. The predicted octanol–water partition coefficient (Wildman–Crippen LogP) is 6.70. The van der Waals surface area contributed by atoms with Gasteiger partial charge in [-0.2, -0.15) is 0 Å². The standard InChI is InChI=1S/C26H22N4O2/c31-25(27-20-10-4-1-5-11-20)28-22-16-18-24(19-17-22)30(23-14-8-3-9-15-23)26(32)29-21-12-6-2-7-13-21/h1-19H,(H,29,32)(H2,27,28,31). The minimum atomic E-state index is -0.342. The molecule has 0 aromatic heterocycles. The third-order valence-electron chi connectivity index (χ3n) is 4.66. The average molecular weight is 422 g/mol. The summed E-state index contributed by atoms with van der Waals surface area (Å²) in [6, 6.07) is 34.3. The third kappa shape index (κ3) is 5.31. The summed E-state index contributed by atoms with van der Waals surface area (Å²) < 4.78 is 0. The predicted molar refractivity (Wildman–Crippen MR) is 130 cm³/mol. The number of nitrogens with one attached hydrogen (secondary N) is 3. The molecule has 0 spiro atoms. The number of benzene rings is 4. The summed E-state index contributed by atoms with van der Waals surface area (Å²) in [4.78, 5) is 26.9. The molecule has 4 aromatic carbocycles. The second kappa shape index (κ2) is 9.95. The van der Waals surface area contributed by atoms with Gasteiger partial charge in [-0.1, -0.05) is 54.6 Å². The Morgan fingerprint density at radius 2 is 0.875 bits per heavy atom. The van der Waals surface area contributed by atoms with E-state index in [1.807, 2.05) is 91.0 Å². The van der Waals surface area contributed by atoms with Crippen LogP contribution in [0, 0.1) is 0 Å². The Morgan fingerprint density at radius 3 is 1.41 bits per heavy atom. The van der Waals surface area contributed by atoms with Crippen LogP contribution in [0.3, 0.4) is 0 Å². The van der Waals surface area contributed by atoms with Crippen molar-refractivity contribution in [3.63, 3.8) is 0 Å². The van der Waals surface area contributed by atoms with E-state index in [9.17, 15) is 9.59 Å². The Kier molecular flexibility index (Phi) is 6.43. The zero-order valence-corrected chi connectivity index (χ0v) is 17.2. The number of amides is 4. The number of hydrogen-bond donors (Lipinski definition) is 3. The molecular formula is C26H22N4O2. The molecule has 0 bridgehead atoms. The fourth-order valence-electron chi connectivity index (χ4n) is 3.17. The molecule has 4 rings (SSSR count). The highest BCUT2D eigenvalue weighted by Gasteiger charge is 2.18. The van der Waals surface area contributed by atoms with E-state index in [1.54, 1.807) is 29.2 Å². The first-order valence-electron chi connectivity index (χ1n) is 10.1. The molecule has 0 saturated carbocycles. The molecule has 0 unspecified atom stereocenters. The van der Waals surface area contributed by atoms with Crippen LogP contribution in [0.2, 0.25) is 0 Å². The summed E-state index contributed by atoms with van der Waals surface area (Å²) in [6.07, 6.45) is 0. The van der Waals surface area contributed by atoms with Crippen molar-refractivity contribution in [3.8, 4) is 0 Å². The van der Waals surface area contributed by atoms with Crippen molar-refractivity contribution in [2.45, 2.75) is 0 Å². The summed E-state index contributed by atoms with van der Waals surface area (Å²) >= 11 is 0. The molecule has 0 heterocycles. The molecule has 0 fully saturated rings. The summed E-state index contributed by atoms with van der Waals surface area (Å²) in [5.74, 6) is 0. The lowest BCUT2D eigenvalue weighted by atomic mass is 10.2. The van der Waals surface area contributed by atoms with Gasteiger partial charge < -0.3 is 16.0 Å². The second-order valence-corrected chi connectivity index (χ2v) is 6.96. The molecule has 3 N–H and O–H groups in total. The molecule has 4 aromatic rings. The van der Waals surface area contributed by atoms with Gasteiger partial charge in [0.15, 0.2) is 0 Å². The summed E-state index contributed by atoms with van der Waals surface area (Å²) in [7, 11) is 0. The Hall–Kier alpha value is -4.58. The fraction of sp³-hybridized carbons (Fsp3) is 0. The van der Waals surface area contributed by atoms with E-state index in [-0.39, 0.29) is 12.1 Å². The summed E-state index contributed by atoms with van der Waals surface area (Å²) in [6.45, 7) is 0. The van der Waals surface area contributed by atoms with Gasteiger partial charge in [0.2, 0.25) is 0 Å². The van der Waals surface area contributed by atoms with Gasteiger partial charge in [0, 0.05) is 17.1 Å². The van der Waals surface area contributed by atoms with Gasteiger partial charge in [0.1, 0.15) is 0 Å². The quantitative estimate of drug-likeness (QED) is 0.335. The number of para-hydroxylation sites is 3. The molecule has 0 radical (unpaired) electrons. The van der Waals surface area contributed by atoms with E-state index in [0.717, 1.165) is 5.69 Å². The van der Waals surface area contributed by atoms with E-state index in [4.69, 9.17) is 0 Å². The Morgan fingerprint density at radius 1 is 0.469 bits per heavy atom. The minimum absolute atomic E-state index is 0.287. The number of hydrogen-bond acceptors (Lipinski definition) is 2. The largest absolute Gasteiger partial charge is 0.330 e. The van der Waals surface area contributed by atoms with Crippen molar-refractivity contribution in [1.82, 2.24) is 0 Å². The highest BCUT2D eigenvalue weighted by Crippen LogP contribution is 2.27. The lowest BCUT2D eigenvalue weighted by Gasteiger charge is -2.23. The molecular weight excluding hydrogens is 400 g/mol. The van der Waals surface area contributed by atoms with Crippen LogP contribution < -0.4 is 20.9 Å². The Balaban J connectivity index is 1.51. The molecule has 0 atom stereocenters. The van der Waals surface area contributed by atoms with Gasteiger partial charge >= 0.3 is 12.1 Å². The van der Waals surface area contributed by atoms with Gasteiger partial charge in [0.25, 0.3) is 0 Å². The maximum atomic E-state index is 13.1. The van der Waals surface area contributed by atoms with Crippen LogP contribution in [0.15, 0.2) is 115 Å². The van der Waals surface area contributed by atoms with E-state index in [0.29, 0.717) is 22.7 Å². The van der Waals surface area contributed by atoms with Crippen LogP contribution >= 0.6 is 0 Å². The minimum Gasteiger partial charge on any atom is -0.308 e. The molecule has 0 aliphatic carbocycles. The number of anilines is 5. The van der Waals surface area contributed by atoms with E-state index in [1.165, 1.54) is 0 Å². The van der Waals surface area contributed by atoms with Crippen molar-refractivity contribution < 1.29 is 9.59 Å². The van der Waals surface area contributed by atoms with Crippen molar-refractivity contribution in [2.24, 2.45) is 0 Å². The van der Waals surface area contributed by atoms with Crippen molar-refractivity contribution >= 4 is 40.5 Å². The number of carbonyl (C=O) groups excluding carboxylic acids is 2. The second-order valence-electron chi connectivity index (χ2n) is 6.96. The van der Waals surface area contributed by atoms with E-state index in [2.05, 4.69) is 16.0 Å². The summed E-state index contributed by atoms with van der Waals surface area (Å²) in [5.41, 5.74) is 3.41. The van der Waals surface area contributed by atoms with Gasteiger partial charge in [-0.3, -0.25) is 4.90 Å². The lowest BCUT2D eigenvalue weighted by molar-refractivity contribution is 0.258. The Labute approximate surface area is 186 Å². The molecule has 158 valence electrons. The average Bonchev–Trinajstić information content (AvgIpc) is 2.82. The first kappa shape index (κ1) is 20.7. The zero-order chi connectivity index (χ0) is 22.2. The fourth-order valence-corrected chi connectivity index (χ4v) is 3.17. The molecule has 32 heavy (non-hydrogen) atoms. The molecule has 6 heteroatoms. The lowest BCUT2D eigenvalue weighted by Crippen LogP contribution is -2.30. The molecule has 0 aliphatic heterocycles. The normalized spacial score (nSPS) is 10.1. The number of nitrogens with zero attached hydrogens (tertiary/aromatic N) is 1. The van der Waals surface area contributed by atoms with Gasteiger partial charge in [-0.25, -0.2) is 9.59 Å². The SMILES string of the molecule is O=C(Nc1ccccc1)Nc1ccc(N(C(=O)Nc2ccccc2)c2ccccc2)cc1. The molecule has 0 aliphatic rings. The smallest absolute Gasteiger partial charge is 0.308 e. The third-order valence-corrected chi connectivity index (χ3v) is 4.66. The number of urea groups is 2. The first-order valence-corrected chi connectivity index (χ1v) is 10.1. The van der Waals surface area contributed by atoms with Crippen LogP contribution in [-0.4, -0.2) is 12.1 Å². The molecule has 4 amide bonds. The van der Waals surface area contributed by atoms with Gasteiger partial charge in [-0.05, 0) is 60.7 Å². The zero-order valence-electron chi connectivity index (χ0n) is 17.2. The van der Waals surface area contributed by atoms with E-state index >= 15 is 0 Å². The first-order chi connectivity index (χ1) is 15.7.